The maximum absolute atomic E-state index is 17.1. The van der Waals surface area contributed by atoms with Crippen molar-refractivity contribution in [1.29, 1.82) is 0 Å². The molecule has 0 N–H and O–H groups in total. The minimum absolute atomic E-state index is 0.0529. The molecule has 10 nitrogen and oxygen atoms in total. The van der Waals surface area contributed by atoms with E-state index in [1.165, 1.54) is 0 Å². The van der Waals surface area contributed by atoms with Crippen molar-refractivity contribution in [1.82, 2.24) is 19.8 Å². The average molecular weight is 779 g/mol. The van der Waals surface area contributed by atoms with E-state index < -0.39 is 11.4 Å². The first-order valence-corrected chi connectivity index (χ1v) is 17.4. The Morgan fingerprint density at radius 3 is 2.62 bits per heavy atom. The summed E-state index contributed by atoms with van der Waals surface area (Å²) in [5.41, 5.74) is 3.31. The Labute approximate surface area is 293 Å². The molecule has 4 heterocycles. The zero-order valence-electron chi connectivity index (χ0n) is 27.9. The topological polar surface area (TPSA) is 92.6 Å². The molecule has 0 unspecified atom stereocenters. The van der Waals surface area contributed by atoms with Gasteiger partial charge in [0.2, 0.25) is 0 Å². The van der Waals surface area contributed by atoms with Crippen LogP contribution in [-0.4, -0.2) is 99.8 Å². The predicted octanol–water partition coefficient (Wildman–Crippen LogP) is 6.64. The van der Waals surface area contributed by atoms with Gasteiger partial charge in [0.1, 0.15) is 33.4 Å². The Morgan fingerprint density at radius 2 is 1.89 bits per heavy atom. The number of benzene rings is 2. The van der Waals surface area contributed by atoms with Crippen LogP contribution in [0, 0.1) is 12.7 Å². The molecule has 3 atom stereocenters. The molecule has 3 aromatic rings. The van der Waals surface area contributed by atoms with Gasteiger partial charge in [-0.2, -0.15) is 9.97 Å². The third kappa shape index (κ3) is 6.88. The fourth-order valence-corrected chi connectivity index (χ4v) is 7.55. The number of aromatic nitrogens is 2. The minimum Gasteiger partial charge on any atom is -0.461 e. The molecule has 0 radical (unpaired) electrons. The molecule has 0 spiro atoms. The lowest BCUT2D eigenvalue weighted by molar-refractivity contribution is -0.0416. The number of hydrogen-bond acceptors (Lipinski definition) is 9. The van der Waals surface area contributed by atoms with Gasteiger partial charge in [0.15, 0.2) is 5.82 Å². The van der Waals surface area contributed by atoms with Gasteiger partial charge in [0.25, 0.3) is 0 Å². The van der Waals surface area contributed by atoms with E-state index in [0.29, 0.717) is 49.6 Å². The third-order valence-electron chi connectivity index (χ3n) is 8.81. The van der Waals surface area contributed by atoms with Crippen LogP contribution < -0.4 is 9.64 Å². The Bertz CT molecular complexity index is 1750. The first-order valence-electron chi connectivity index (χ1n) is 15.9. The molecule has 1 aromatic heterocycles. The van der Waals surface area contributed by atoms with Gasteiger partial charge in [-0.1, -0.05) is 23.7 Å². The van der Waals surface area contributed by atoms with Gasteiger partial charge >= 0.3 is 12.1 Å². The monoisotopic (exact) mass is 778 g/mol. The number of likely N-dealkylation sites (N-methyl/N-ethyl adjacent to an activating group) is 1. The molecule has 3 aliphatic rings. The minimum atomic E-state index is -0.615. The normalized spacial score (nSPS) is 22.0. The lowest BCUT2D eigenvalue weighted by atomic mass is 9.91. The highest BCUT2D eigenvalue weighted by Gasteiger charge is 2.37. The standard InChI is InChI=1S/C34H41ClFIN6O4/c1-18-8-9-21-13-38-30(37)26(21)25(18)27-24(35)12-23-29(28(27)36)39-32(46-17-22-16-41(7)10-11-45-22)40-31(23)42-14-20(3)43(15-19(42)2)33(44)47-34(4,5)6/h8-9,12,19-20,22H,10-11,13-17H2,1-7H3/t19-,20+,22+/m0/s1. The molecule has 13 heteroatoms. The van der Waals surface area contributed by atoms with E-state index in [1.54, 1.807) is 11.0 Å². The zero-order valence-corrected chi connectivity index (χ0v) is 30.8. The molecule has 0 bridgehead atoms. The van der Waals surface area contributed by atoms with E-state index in [2.05, 4.69) is 42.4 Å². The number of nitrogens with zero attached hydrogens (tertiary/aromatic N) is 6. The molecular formula is C34H41ClFIN6O4. The van der Waals surface area contributed by atoms with Crippen LogP contribution in [0.1, 0.15) is 51.3 Å². The largest absolute Gasteiger partial charge is 0.461 e. The second kappa shape index (κ2) is 13.2. The Kier molecular flexibility index (Phi) is 9.60. The van der Waals surface area contributed by atoms with Gasteiger partial charge in [-0.05, 0) is 93.9 Å². The van der Waals surface area contributed by atoms with Crippen molar-refractivity contribution in [2.75, 3.05) is 51.3 Å². The van der Waals surface area contributed by atoms with Crippen molar-refractivity contribution in [3.05, 3.63) is 45.7 Å². The Balaban J connectivity index is 1.45. The van der Waals surface area contributed by atoms with E-state index in [-0.39, 0.29) is 53.0 Å². The van der Waals surface area contributed by atoms with Crippen LogP contribution in [0.25, 0.3) is 22.0 Å². The molecular weight excluding hydrogens is 738 g/mol. The van der Waals surface area contributed by atoms with Gasteiger partial charge in [-0.25, -0.2) is 9.18 Å². The summed E-state index contributed by atoms with van der Waals surface area (Å²) in [5.74, 6) is -0.0521. The highest BCUT2D eigenvalue weighted by molar-refractivity contribution is 14.1. The summed E-state index contributed by atoms with van der Waals surface area (Å²) in [7, 11) is 2.04. The number of aliphatic imine (C=N–C) groups is 1. The molecule has 252 valence electrons. The molecule has 0 aliphatic carbocycles. The summed E-state index contributed by atoms with van der Waals surface area (Å²) in [5, 5.41) is 0.725. The van der Waals surface area contributed by atoms with Crippen LogP contribution in [0.5, 0.6) is 6.01 Å². The second-order valence-corrected chi connectivity index (χ2v) is 15.2. The quantitative estimate of drug-likeness (QED) is 0.267. The van der Waals surface area contributed by atoms with Gasteiger partial charge in [-0.3, -0.25) is 4.99 Å². The highest BCUT2D eigenvalue weighted by Crippen LogP contribution is 2.44. The number of rotatable bonds is 5. The summed E-state index contributed by atoms with van der Waals surface area (Å²) in [6.07, 6.45) is -0.539. The summed E-state index contributed by atoms with van der Waals surface area (Å²) in [6, 6.07) is 5.43. The number of anilines is 1. The van der Waals surface area contributed by atoms with Gasteiger partial charge in [-0.15, -0.1) is 0 Å². The molecule has 3 aliphatic heterocycles. The number of morpholine rings is 1. The Hall–Kier alpha value is -2.81. The first-order chi connectivity index (χ1) is 22.2. The number of hydrogen-bond donors (Lipinski definition) is 0. The van der Waals surface area contributed by atoms with Crippen molar-refractivity contribution >= 4 is 60.7 Å². The number of amides is 1. The van der Waals surface area contributed by atoms with E-state index in [4.69, 9.17) is 30.8 Å². The summed E-state index contributed by atoms with van der Waals surface area (Å²) in [4.78, 5) is 33.2. The highest BCUT2D eigenvalue weighted by atomic mass is 127. The predicted molar refractivity (Wildman–Crippen MR) is 191 cm³/mol. The number of piperazine rings is 1. The molecule has 2 fully saturated rings. The number of carbonyl (C=O) groups is 1. The lowest BCUT2D eigenvalue weighted by Gasteiger charge is -2.45. The molecule has 2 aromatic carbocycles. The fourth-order valence-electron chi connectivity index (χ4n) is 6.48. The van der Waals surface area contributed by atoms with Crippen LogP contribution in [0.3, 0.4) is 0 Å². The zero-order chi connectivity index (χ0) is 33.8. The van der Waals surface area contributed by atoms with Crippen LogP contribution in [0.4, 0.5) is 15.0 Å². The Morgan fingerprint density at radius 1 is 1.13 bits per heavy atom. The number of halogens is 3. The van der Waals surface area contributed by atoms with Crippen LogP contribution in [0.15, 0.2) is 23.2 Å². The number of ether oxygens (including phenoxy) is 3. The van der Waals surface area contributed by atoms with Crippen LogP contribution in [0.2, 0.25) is 5.02 Å². The molecule has 0 saturated carbocycles. The van der Waals surface area contributed by atoms with E-state index in [9.17, 15) is 4.79 Å². The van der Waals surface area contributed by atoms with Gasteiger partial charge in [0.05, 0.1) is 18.2 Å². The number of carbonyl (C=O) groups excluding carboxylic acids is 1. The van der Waals surface area contributed by atoms with E-state index in [0.717, 1.165) is 27.0 Å². The number of aryl methyl sites for hydroxylation is 1. The van der Waals surface area contributed by atoms with Crippen molar-refractivity contribution in [2.45, 2.75) is 71.9 Å². The summed E-state index contributed by atoms with van der Waals surface area (Å²) < 4.78 is 35.6. The van der Waals surface area contributed by atoms with Crippen molar-refractivity contribution in [3.8, 4) is 17.1 Å². The second-order valence-electron chi connectivity index (χ2n) is 13.7. The average Bonchev–Trinajstić information content (AvgIpc) is 3.37. The molecule has 1 amide bonds. The van der Waals surface area contributed by atoms with Crippen LogP contribution in [-0.2, 0) is 16.0 Å². The molecule has 2 saturated heterocycles. The van der Waals surface area contributed by atoms with Crippen molar-refractivity contribution < 1.29 is 23.4 Å². The van der Waals surface area contributed by atoms with Crippen molar-refractivity contribution in [2.24, 2.45) is 4.99 Å². The first kappa shape index (κ1) is 34.1. The fraction of sp³-hybridized carbons (Fsp3) is 0.529. The SMILES string of the molecule is Cc1ccc2c(c1-c1c(Cl)cc3c(N4C[C@@H](C)N(C(=O)OC(C)(C)C)C[C@@H]4C)nc(OC[C@H]4CN(C)CCO4)nc3c1F)C(I)=NC2. The third-order valence-corrected chi connectivity index (χ3v) is 9.99. The maximum atomic E-state index is 17.1. The lowest BCUT2D eigenvalue weighted by Crippen LogP contribution is -2.59. The van der Waals surface area contributed by atoms with Gasteiger partial charge in [0, 0.05) is 54.8 Å². The number of fused-ring (bicyclic) bond motifs is 2. The van der Waals surface area contributed by atoms with E-state index in [1.807, 2.05) is 60.7 Å². The molecule has 6 rings (SSSR count). The maximum Gasteiger partial charge on any atom is 0.410 e. The van der Waals surface area contributed by atoms with Crippen molar-refractivity contribution in [3.63, 3.8) is 0 Å². The summed E-state index contributed by atoms with van der Waals surface area (Å²) in [6.45, 7) is 15.2. The summed E-state index contributed by atoms with van der Waals surface area (Å²) >= 11 is 9.21. The molecule has 47 heavy (non-hydrogen) atoms. The van der Waals surface area contributed by atoms with Gasteiger partial charge < -0.3 is 28.9 Å². The van der Waals surface area contributed by atoms with Crippen LogP contribution >= 0.6 is 34.2 Å². The van der Waals surface area contributed by atoms with E-state index >= 15 is 4.39 Å². The smallest absolute Gasteiger partial charge is 0.410 e.